The summed E-state index contributed by atoms with van der Waals surface area (Å²) in [7, 11) is 1.57. The van der Waals surface area contributed by atoms with Crippen LogP contribution in [-0.4, -0.2) is 18.9 Å². The number of amides is 1. The molecule has 0 saturated carbocycles. The number of rotatable bonds is 7. The summed E-state index contributed by atoms with van der Waals surface area (Å²) >= 11 is 0. The summed E-state index contributed by atoms with van der Waals surface area (Å²) in [6.07, 6.45) is -2.84. The molecule has 1 heterocycles. The zero-order valence-electron chi connectivity index (χ0n) is 17.8. The summed E-state index contributed by atoms with van der Waals surface area (Å²) in [5, 5.41) is 8.87. The summed E-state index contributed by atoms with van der Waals surface area (Å²) in [6.45, 7) is 0.848. The fourth-order valence-electron chi connectivity index (χ4n) is 2.95. The van der Waals surface area contributed by atoms with E-state index in [1.807, 2.05) is 6.07 Å². The fraction of sp³-hybridized carbons (Fsp3) is 0.217. The first-order chi connectivity index (χ1) is 15.3. The van der Waals surface area contributed by atoms with Gasteiger partial charge >= 0.3 is 6.18 Å². The van der Waals surface area contributed by atoms with Gasteiger partial charge in [-0.15, -0.1) is 24.0 Å². The maximum absolute atomic E-state index is 12.9. The van der Waals surface area contributed by atoms with E-state index in [2.05, 4.69) is 20.9 Å². The zero-order valence-corrected chi connectivity index (χ0v) is 20.1. The quantitative estimate of drug-likeness (QED) is 0.218. The Kier molecular flexibility index (Phi) is 9.76. The predicted octanol–water partition coefficient (Wildman–Crippen LogP) is 4.71. The highest BCUT2D eigenvalue weighted by atomic mass is 127. The van der Waals surface area contributed by atoms with E-state index in [4.69, 9.17) is 4.42 Å². The Hall–Kier alpha value is -3.02. The van der Waals surface area contributed by atoms with Crippen molar-refractivity contribution in [2.45, 2.75) is 25.8 Å². The van der Waals surface area contributed by atoms with Crippen LogP contribution in [-0.2, 0) is 25.8 Å². The topological polar surface area (TPSA) is 78.7 Å². The molecule has 0 fully saturated rings. The summed E-state index contributed by atoms with van der Waals surface area (Å²) in [5.41, 5.74) is 1.14. The SMILES string of the molecule is CN=C(NCc1cccc(C(=O)NCc2ccco2)c1)NCc1cccc(C(F)(F)F)c1.I. The highest BCUT2D eigenvalue weighted by Gasteiger charge is 2.30. The van der Waals surface area contributed by atoms with Crippen molar-refractivity contribution in [1.29, 1.82) is 0 Å². The number of carbonyl (C=O) groups excluding carboxylic acids is 1. The highest BCUT2D eigenvalue weighted by molar-refractivity contribution is 14.0. The molecule has 6 nitrogen and oxygen atoms in total. The number of nitrogens with zero attached hydrogens (tertiary/aromatic N) is 1. The fourth-order valence-corrected chi connectivity index (χ4v) is 2.95. The maximum atomic E-state index is 12.9. The molecule has 1 aromatic heterocycles. The van der Waals surface area contributed by atoms with Gasteiger partial charge in [0.05, 0.1) is 18.4 Å². The number of aliphatic imine (C=N–C) groups is 1. The molecule has 0 aliphatic rings. The van der Waals surface area contributed by atoms with E-state index < -0.39 is 11.7 Å². The lowest BCUT2D eigenvalue weighted by Gasteiger charge is -2.14. The molecule has 0 unspecified atom stereocenters. The van der Waals surface area contributed by atoms with Gasteiger partial charge in [-0.2, -0.15) is 13.2 Å². The van der Waals surface area contributed by atoms with Crippen molar-refractivity contribution in [3.05, 3.63) is 94.9 Å². The molecule has 0 saturated heterocycles. The number of benzene rings is 2. The predicted molar refractivity (Wildman–Crippen MR) is 130 cm³/mol. The van der Waals surface area contributed by atoms with E-state index in [0.29, 0.717) is 35.9 Å². The second kappa shape index (κ2) is 12.3. The molecular formula is C23H24F3IN4O2. The first-order valence-electron chi connectivity index (χ1n) is 9.85. The number of hydrogen-bond acceptors (Lipinski definition) is 3. The average Bonchev–Trinajstić information content (AvgIpc) is 3.31. The van der Waals surface area contributed by atoms with Gasteiger partial charge in [-0.25, -0.2) is 0 Å². The Balaban J connectivity index is 0.00000385. The van der Waals surface area contributed by atoms with Crippen molar-refractivity contribution >= 4 is 35.8 Å². The molecule has 1 amide bonds. The van der Waals surface area contributed by atoms with Crippen LogP contribution in [0.2, 0.25) is 0 Å². The molecule has 2 aromatic carbocycles. The number of guanidine groups is 1. The summed E-state index contributed by atoms with van der Waals surface area (Å²) < 4.78 is 43.8. The van der Waals surface area contributed by atoms with Crippen molar-refractivity contribution < 1.29 is 22.4 Å². The molecule has 3 aromatic rings. The Bertz CT molecular complexity index is 1070. The molecule has 0 radical (unpaired) electrons. The van der Waals surface area contributed by atoms with Crippen LogP contribution >= 0.6 is 24.0 Å². The Morgan fingerprint density at radius 1 is 0.909 bits per heavy atom. The van der Waals surface area contributed by atoms with Crippen molar-refractivity contribution in [3.63, 3.8) is 0 Å². The lowest BCUT2D eigenvalue weighted by Crippen LogP contribution is -2.36. The van der Waals surface area contributed by atoms with Crippen LogP contribution in [0.15, 0.2) is 76.3 Å². The number of nitrogens with one attached hydrogen (secondary N) is 3. The average molecular weight is 572 g/mol. The molecule has 0 bridgehead atoms. The Labute approximate surface area is 206 Å². The number of alkyl halides is 3. The third kappa shape index (κ3) is 8.12. The molecule has 0 aliphatic heterocycles. The minimum atomic E-state index is -4.38. The van der Waals surface area contributed by atoms with E-state index in [9.17, 15) is 18.0 Å². The van der Waals surface area contributed by atoms with Crippen LogP contribution in [0.3, 0.4) is 0 Å². The van der Waals surface area contributed by atoms with Gasteiger partial charge < -0.3 is 20.4 Å². The van der Waals surface area contributed by atoms with Gasteiger partial charge in [0.15, 0.2) is 5.96 Å². The lowest BCUT2D eigenvalue weighted by atomic mass is 10.1. The number of halogens is 4. The molecule has 0 spiro atoms. The summed E-state index contributed by atoms with van der Waals surface area (Å²) in [4.78, 5) is 16.4. The Morgan fingerprint density at radius 2 is 1.58 bits per heavy atom. The molecule has 0 atom stereocenters. The first kappa shape index (κ1) is 26.2. The van der Waals surface area contributed by atoms with E-state index in [1.54, 1.807) is 49.7 Å². The molecule has 3 rings (SSSR count). The molecular weight excluding hydrogens is 548 g/mol. The van der Waals surface area contributed by atoms with Crippen LogP contribution in [0.4, 0.5) is 13.2 Å². The van der Waals surface area contributed by atoms with Gasteiger partial charge in [0, 0.05) is 25.7 Å². The molecule has 176 valence electrons. The van der Waals surface area contributed by atoms with Gasteiger partial charge in [0.1, 0.15) is 5.76 Å². The van der Waals surface area contributed by atoms with Crippen molar-refractivity contribution in [2.75, 3.05) is 7.05 Å². The molecule has 0 aliphatic carbocycles. The smallest absolute Gasteiger partial charge is 0.416 e. The van der Waals surface area contributed by atoms with Gasteiger partial charge in [-0.1, -0.05) is 24.3 Å². The van der Waals surface area contributed by atoms with Gasteiger partial charge in [-0.3, -0.25) is 9.79 Å². The third-order valence-corrected chi connectivity index (χ3v) is 4.59. The maximum Gasteiger partial charge on any atom is 0.416 e. The molecule has 33 heavy (non-hydrogen) atoms. The normalized spacial score (nSPS) is 11.5. The summed E-state index contributed by atoms with van der Waals surface area (Å²) in [6, 6.07) is 15.7. The summed E-state index contributed by atoms with van der Waals surface area (Å²) in [5.74, 6) is 0.859. The van der Waals surface area contributed by atoms with E-state index in [0.717, 1.165) is 17.7 Å². The van der Waals surface area contributed by atoms with E-state index >= 15 is 0 Å². The minimum Gasteiger partial charge on any atom is -0.467 e. The minimum absolute atomic E-state index is 0. The molecule has 10 heteroatoms. The number of carbonyl (C=O) groups is 1. The van der Waals surface area contributed by atoms with Gasteiger partial charge in [0.25, 0.3) is 5.91 Å². The molecule has 3 N–H and O–H groups in total. The van der Waals surface area contributed by atoms with Crippen LogP contribution < -0.4 is 16.0 Å². The van der Waals surface area contributed by atoms with Crippen LogP contribution in [0.5, 0.6) is 0 Å². The van der Waals surface area contributed by atoms with Crippen molar-refractivity contribution in [2.24, 2.45) is 4.99 Å². The number of furan rings is 1. The zero-order chi connectivity index (χ0) is 23.0. The van der Waals surface area contributed by atoms with Gasteiger partial charge in [0.2, 0.25) is 0 Å². The van der Waals surface area contributed by atoms with E-state index in [-0.39, 0.29) is 36.4 Å². The monoisotopic (exact) mass is 572 g/mol. The van der Waals surface area contributed by atoms with Gasteiger partial charge in [-0.05, 0) is 47.5 Å². The number of hydrogen-bond donors (Lipinski definition) is 3. The lowest BCUT2D eigenvalue weighted by molar-refractivity contribution is -0.137. The highest BCUT2D eigenvalue weighted by Crippen LogP contribution is 2.29. The van der Waals surface area contributed by atoms with Crippen LogP contribution in [0.25, 0.3) is 0 Å². The largest absolute Gasteiger partial charge is 0.467 e. The van der Waals surface area contributed by atoms with Crippen molar-refractivity contribution in [3.8, 4) is 0 Å². The second-order valence-corrected chi connectivity index (χ2v) is 6.94. The third-order valence-electron chi connectivity index (χ3n) is 4.59. The Morgan fingerprint density at radius 3 is 2.18 bits per heavy atom. The van der Waals surface area contributed by atoms with Crippen LogP contribution in [0.1, 0.15) is 32.8 Å². The second-order valence-electron chi connectivity index (χ2n) is 6.94. The van der Waals surface area contributed by atoms with E-state index in [1.165, 1.54) is 6.07 Å². The first-order valence-corrected chi connectivity index (χ1v) is 9.85. The standard InChI is InChI=1S/C23H23F3N4O2.HI/c1-27-22(30-14-17-6-3-8-19(12-17)23(24,25)26)29-13-16-5-2-7-18(11-16)21(31)28-15-20-9-4-10-32-20;/h2-12H,13-15H2,1H3,(H,28,31)(H2,27,29,30);1H. The van der Waals surface area contributed by atoms with Crippen LogP contribution in [0, 0.1) is 0 Å². The van der Waals surface area contributed by atoms with Crippen molar-refractivity contribution in [1.82, 2.24) is 16.0 Å².